The Morgan fingerprint density at radius 3 is 2.88 bits per heavy atom. The van der Waals surface area contributed by atoms with Gasteiger partial charge in [-0.05, 0) is 19.1 Å². The predicted molar refractivity (Wildman–Crippen MR) is 66.5 cm³/mol. The van der Waals surface area contributed by atoms with Crippen molar-refractivity contribution in [2.75, 3.05) is 6.61 Å². The van der Waals surface area contributed by atoms with Gasteiger partial charge in [0.1, 0.15) is 0 Å². The van der Waals surface area contributed by atoms with Crippen LogP contribution in [0.2, 0.25) is 0 Å². The van der Waals surface area contributed by atoms with E-state index in [1.807, 2.05) is 20.8 Å². The van der Waals surface area contributed by atoms with Gasteiger partial charge in [0, 0.05) is 23.7 Å². The second-order valence-corrected chi connectivity index (χ2v) is 4.81. The van der Waals surface area contributed by atoms with Crippen molar-refractivity contribution in [2.24, 2.45) is 5.41 Å². The van der Waals surface area contributed by atoms with Crippen LogP contribution in [0.4, 0.5) is 0 Å². The molecule has 0 atom stereocenters. The smallest absolute Gasteiger partial charge is 0.338 e. The topological polar surface area (TPSA) is 39.2 Å². The maximum Gasteiger partial charge on any atom is 0.338 e. The predicted octanol–water partition coefficient (Wildman–Crippen LogP) is 2.60. The fourth-order valence-electron chi connectivity index (χ4n) is 1.34. The summed E-state index contributed by atoms with van der Waals surface area (Å²) in [5, 5.41) is 0. The highest BCUT2D eigenvalue weighted by Crippen LogP contribution is 2.20. The third-order valence-corrected chi connectivity index (χ3v) is 2.31. The Morgan fingerprint density at radius 1 is 1.59 bits per heavy atom. The zero-order chi connectivity index (χ0) is 12.9. The molecule has 0 aliphatic heterocycles. The zero-order valence-electron chi connectivity index (χ0n) is 10.5. The van der Waals surface area contributed by atoms with E-state index in [1.165, 1.54) is 0 Å². The molecule has 1 aromatic heterocycles. The summed E-state index contributed by atoms with van der Waals surface area (Å²) in [6.07, 6.45) is 7.43. The average Bonchev–Trinajstić information content (AvgIpc) is 2.26. The van der Waals surface area contributed by atoms with Crippen LogP contribution in [0.1, 0.15) is 36.3 Å². The van der Waals surface area contributed by atoms with Crippen molar-refractivity contribution in [1.29, 1.82) is 0 Å². The molecule has 0 amide bonds. The normalized spacial score (nSPS) is 10.7. The third-order valence-electron chi connectivity index (χ3n) is 2.31. The molecule has 0 saturated heterocycles. The molecular formula is C14H17NO2. The number of aryl methyl sites for hydroxylation is 1. The number of pyridine rings is 1. The molecule has 90 valence electrons. The molecule has 0 aliphatic rings. The summed E-state index contributed by atoms with van der Waals surface area (Å²) in [6.45, 7) is 6.09. The van der Waals surface area contributed by atoms with E-state index < -0.39 is 0 Å². The van der Waals surface area contributed by atoms with E-state index in [2.05, 4.69) is 10.9 Å². The fraction of sp³-hybridized carbons (Fsp3) is 0.429. The maximum atomic E-state index is 11.7. The van der Waals surface area contributed by atoms with E-state index in [-0.39, 0.29) is 11.4 Å². The number of terminal acetylenes is 1. The summed E-state index contributed by atoms with van der Waals surface area (Å²) in [4.78, 5) is 15.8. The van der Waals surface area contributed by atoms with Crippen molar-refractivity contribution < 1.29 is 9.53 Å². The SMILES string of the molecule is C#CCC(C)(C)COC(=O)c1ccnc(C)c1. The van der Waals surface area contributed by atoms with Gasteiger partial charge < -0.3 is 4.74 Å². The number of carbonyl (C=O) groups excluding carboxylic acids is 1. The van der Waals surface area contributed by atoms with Gasteiger partial charge in [0.05, 0.1) is 12.2 Å². The number of ether oxygens (including phenoxy) is 1. The first kappa shape index (κ1) is 13.2. The highest BCUT2D eigenvalue weighted by Gasteiger charge is 2.19. The molecule has 0 N–H and O–H groups in total. The summed E-state index contributed by atoms with van der Waals surface area (Å²) >= 11 is 0. The number of hydrogen-bond acceptors (Lipinski definition) is 3. The Morgan fingerprint density at radius 2 is 2.29 bits per heavy atom. The van der Waals surface area contributed by atoms with Crippen molar-refractivity contribution in [1.82, 2.24) is 4.98 Å². The van der Waals surface area contributed by atoms with Crippen LogP contribution in [-0.2, 0) is 4.74 Å². The Labute approximate surface area is 102 Å². The van der Waals surface area contributed by atoms with Crippen LogP contribution < -0.4 is 0 Å². The minimum atomic E-state index is -0.333. The molecule has 3 nitrogen and oxygen atoms in total. The van der Waals surface area contributed by atoms with Crippen LogP contribution in [0.15, 0.2) is 18.3 Å². The second-order valence-electron chi connectivity index (χ2n) is 4.81. The van der Waals surface area contributed by atoms with Crippen molar-refractivity contribution >= 4 is 5.97 Å². The minimum absolute atomic E-state index is 0.188. The van der Waals surface area contributed by atoms with E-state index >= 15 is 0 Å². The number of nitrogens with zero attached hydrogens (tertiary/aromatic N) is 1. The zero-order valence-corrected chi connectivity index (χ0v) is 10.5. The van der Waals surface area contributed by atoms with E-state index in [1.54, 1.807) is 18.3 Å². The molecule has 0 bridgehead atoms. The first-order valence-corrected chi connectivity index (χ1v) is 5.48. The number of rotatable bonds is 4. The minimum Gasteiger partial charge on any atom is -0.461 e. The Balaban J connectivity index is 2.59. The molecule has 3 heteroatoms. The molecule has 1 rings (SSSR count). The summed E-state index contributed by atoms with van der Waals surface area (Å²) in [7, 11) is 0. The van der Waals surface area contributed by atoms with Crippen molar-refractivity contribution in [2.45, 2.75) is 27.2 Å². The third kappa shape index (κ3) is 4.28. The van der Waals surface area contributed by atoms with Crippen molar-refractivity contribution in [3.8, 4) is 12.3 Å². The number of esters is 1. The first-order chi connectivity index (χ1) is 7.94. The molecular weight excluding hydrogens is 214 g/mol. The number of aromatic nitrogens is 1. The molecule has 1 heterocycles. The van der Waals surface area contributed by atoms with Crippen LogP contribution in [-0.4, -0.2) is 17.6 Å². The van der Waals surface area contributed by atoms with Crippen molar-refractivity contribution in [3.63, 3.8) is 0 Å². The largest absolute Gasteiger partial charge is 0.461 e. The Bertz CT molecular complexity index is 444. The summed E-state index contributed by atoms with van der Waals surface area (Å²) in [6, 6.07) is 3.35. The molecule has 0 unspecified atom stereocenters. The molecule has 0 radical (unpaired) electrons. The second kappa shape index (κ2) is 5.49. The molecule has 0 saturated carbocycles. The molecule has 1 aromatic rings. The van der Waals surface area contributed by atoms with Gasteiger partial charge in [0.2, 0.25) is 0 Å². The highest BCUT2D eigenvalue weighted by atomic mass is 16.5. The summed E-state index contributed by atoms with van der Waals surface area (Å²) in [5.41, 5.74) is 1.13. The molecule has 17 heavy (non-hydrogen) atoms. The summed E-state index contributed by atoms with van der Waals surface area (Å²) in [5.74, 6) is 2.25. The Hall–Kier alpha value is -1.82. The lowest BCUT2D eigenvalue weighted by molar-refractivity contribution is 0.0348. The van der Waals surface area contributed by atoms with Gasteiger partial charge in [0.25, 0.3) is 0 Å². The van der Waals surface area contributed by atoms with E-state index in [9.17, 15) is 4.79 Å². The first-order valence-electron chi connectivity index (χ1n) is 5.48. The molecule has 0 fully saturated rings. The van der Waals surface area contributed by atoms with Crippen LogP contribution in [0.3, 0.4) is 0 Å². The van der Waals surface area contributed by atoms with E-state index in [4.69, 9.17) is 11.2 Å². The fourth-order valence-corrected chi connectivity index (χ4v) is 1.34. The number of hydrogen-bond donors (Lipinski definition) is 0. The lowest BCUT2D eigenvalue weighted by atomic mass is 9.91. The maximum absolute atomic E-state index is 11.7. The van der Waals surface area contributed by atoms with Crippen LogP contribution >= 0.6 is 0 Å². The standard InChI is InChI=1S/C14H17NO2/c1-5-7-14(3,4)10-17-13(16)12-6-8-15-11(2)9-12/h1,6,8-9H,7,10H2,2-4H3. The van der Waals surface area contributed by atoms with Gasteiger partial charge in [-0.25, -0.2) is 4.79 Å². The average molecular weight is 231 g/mol. The highest BCUT2D eigenvalue weighted by molar-refractivity contribution is 5.89. The molecule has 0 aliphatic carbocycles. The van der Waals surface area contributed by atoms with Gasteiger partial charge in [0.15, 0.2) is 0 Å². The van der Waals surface area contributed by atoms with Gasteiger partial charge in [-0.3, -0.25) is 4.98 Å². The van der Waals surface area contributed by atoms with Crippen LogP contribution in [0.5, 0.6) is 0 Å². The van der Waals surface area contributed by atoms with Gasteiger partial charge in [-0.1, -0.05) is 13.8 Å². The van der Waals surface area contributed by atoms with Crippen LogP contribution in [0.25, 0.3) is 0 Å². The summed E-state index contributed by atoms with van der Waals surface area (Å²) < 4.78 is 5.24. The van der Waals surface area contributed by atoms with E-state index in [0.717, 1.165) is 5.69 Å². The van der Waals surface area contributed by atoms with Gasteiger partial charge in [-0.15, -0.1) is 12.3 Å². The quantitative estimate of drug-likeness (QED) is 0.590. The lowest BCUT2D eigenvalue weighted by Gasteiger charge is -2.21. The monoisotopic (exact) mass is 231 g/mol. The van der Waals surface area contributed by atoms with Crippen molar-refractivity contribution in [3.05, 3.63) is 29.6 Å². The lowest BCUT2D eigenvalue weighted by Crippen LogP contribution is -2.21. The van der Waals surface area contributed by atoms with Crippen LogP contribution in [0, 0.1) is 24.7 Å². The number of carbonyl (C=O) groups is 1. The Kier molecular flexibility index (Phi) is 4.28. The van der Waals surface area contributed by atoms with Gasteiger partial charge >= 0.3 is 5.97 Å². The molecule has 0 aromatic carbocycles. The molecule has 0 spiro atoms. The van der Waals surface area contributed by atoms with Gasteiger partial charge in [-0.2, -0.15) is 0 Å². The van der Waals surface area contributed by atoms with E-state index in [0.29, 0.717) is 18.6 Å².